The maximum atomic E-state index is 12.4. The van der Waals surface area contributed by atoms with Crippen LogP contribution in [-0.4, -0.2) is 35.7 Å². The lowest BCUT2D eigenvalue weighted by molar-refractivity contribution is -0.113. The molecule has 0 saturated carbocycles. The summed E-state index contributed by atoms with van der Waals surface area (Å²) in [4.78, 5) is 25.3. The molecule has 0 radical (unpaired) electrons. The Morgan fingerprint density at radius 3 is 2.55 bits per heavy atom. The number of anilines is 2. The van der Waals surface area contributed by atoms with Crippen molar-refractivity contribution >= 4 is 50.6 Å². The number of aromatic nitrogens is 2. The Bertz CT molecular complexity index is 1120. The van der Waals surface area contributed by atoms with Gasteiger partial charge >= 0.3 is 0 Å². The number of thioether (sulfide) groups is 1. The summed E-state index contributed by atoms with van der Waals surface area (Å²) >= 11 is 3.07. The molecule has 0 spiro atoms. The number of carbonyl (C=O) groups is 1. The van der Waals surface area contributed by atoms with Gasteiger partial charge in [-0.1, -0.05) is 42.1 Å². The van der Waals surface area contributed by atoms with Crippen LogP contribution in [0.5, 0.6) is 0 Å². The monoisotopic (exact) mass is 420 g/mol. The van der Waals surface area contributed by atoms with Crippen LogP contribution in [0.2, 0.25) is 0 Å². The molecule has 4 aromatic rings. The number of fused-ring (bicyclic) bond motifs is 1. The van der Waals surface area contributed by atoms with Gasteiger partial charge in [-0.3, -0.25) is 4.79 Å². The summed E-state index contributed by atoms with van der Waals surface area (Å²) in [6.45, 7) is 0. The summed E-state index contributed by atoms with van der Waals surface area (Å²) in [5.74, 6) is 0.232. The first-order valence-electron chi connectivity index (χ1n) is 9.10. The van der Waals surface area contributed by atoms with Gasteiger partial charge in [0.1, 0.15) is 16.2 Å². The lowest BCUT2D eigenvalue weighted by Crippen LogP contribution is -2.14. The van der Waals surface area contributed by atoms with Crippen molar-refractivity contribution in [2.75, 3.05) is 30.1 Å². The quantitative estimate of drug-likeness (QED) is 0.345. The van der Waals surface area contributed by atoms with Crippen molar-refractivity contribution in [3.63, 3.8) is 0 Å². The molecule has 4 rings (SSSR count). The molecule has 0 saturated heterocycles. The Kier molecular flexibility index (Phi) is 5.78. The highest BCUT2D eigenvalue weighted by molar-refractivity contribution is 8.00. The molecular formula is C22H20N4OS2. The minimum absolute atomic E-state index is 0.0575. The van der Waals surface area contributed by atoms with Crippen LogP contribution < -0.4 is 10.2 Å². The van der Waals surface area contributed by atoms with E-state index in [1.807, 2.05) is 61.5 Å². The molecule has 0 aliphatic heterocycles. The van der Waals surface area contributed by atoms with Gasteiger partial charge in [0.2, 0.25) is 5.91 Å². The van der Waals surface area contributed by atoms with Gasteiger partial charge in [0.15, 0.2) is 0 Å². The molecule has 2 heterocycles. The molecule has 5 nitrogen and oxygen atoms in total. The first-order valence-corrected chi connectivity index (χ1v) is 10.9. The van der Waals surface area contributed by atoms with Crippen LogP contribution in [-0.2, 0) is 4.79 Å². The third-order valence-corrected chi connectivity index (χ3v) is 6.46. The van der Waals surface area contributed by atoms with Crippen molar-refractivity contribution in [2.45, 2.75) is 5.03 Å². The van der Waals surface area contributed by atoms with E-state index in [9.17, 15) is 4.79 Å². The van der Waals surface area contributed by atoms with Crippen molar-refractivity contribution in [1.29, 1.82) is 0 Å². The molecule has 7 heteroatoms. The van der Waals surface area contributed by atoms with Gasteiger partial charge in [0, 0.05) is 35.7 Å². The van der Waals surface area contributed by atoms with E-state index in [0.717, 1.165) is 37.1 Å². The lowest BCUT2D eigenvalue weighted by Gasteiger charge is -2.13. The zero-order chi connectivity index (χ0) is 20.2. The minimum Gasteiger partial charge on any atom is -0.378 e. The minimum atomic E-state index is -0.0575. The van der Waals surface area contributed by atoms with Gasteiger partial charge < -0.3 is 10.2 Å². The molecule has 146 valence electrons. The predicted molar refractivity (Wildman–Crippen MR) is 123 cm³/mol. The van der Waals surface area contributed by atoms with E-state index in [0.29, 0.717) is 0 Å². The fourth-order valence-electron chi connectivity index (χ4n) is 2.87. The standard InChI is InChI=1S/C22H20N4OS2/c1-26(2)17-10-8-16(9-11-17)25-20(27)13-28-21-18-12-19(15-6-4-3-5-7-15)29-22(18)24-14-23-21/h3-12,14H,13H2,1-2H3,(H,25,27). The van der Waals surface area contributed by atoms with Gasteiger partial charge in [-0.15, -0.1) is 11.3 Å². The summed E-state index contributed by atoms with van der Waals surface area (Å²) in [6, 6.07) is 20.1. The molecule has 0 atom stereocenters. The van der Waals surface area contributed by atoms with E-state index in [4.69, 9.17) is 0 Å². The van der Waals surface area contributed by atoms with E-state index < -0.39 is 0 Å². The zero-order valence-corrected chi connectivity index (χ0v) is 17.8. The van der Waals surface area contributed by atoms with Crippen molar-refractivity contribution < 1.29 is 4.79 Å². The first kappa shape index (κ1) is 19.4. The zero-order valence-electron chi connectivity index (χ0n) is 16.1. The van der Waals surface area contributed by atoms with E-state index in [1.54, 1.807) is 17.7 Å². The molecule has 0 fully saturated rings. The number of nitrogens with one attached hydrogen (secondary N) is 1. The largest absolute Gasteiger partial charge is 0.378 e. The lowest BCUT2D eigenvalue weighted by atomic mass is 10.2. The van der Waals surface area contributed by atoms with Gasteiger partial charge in [0.25, 0.3) is 0 Å². The van der Waals surface area contributed by atoms with Crippen LogP contribution in [0.25, 0.3) is 20.7 Å². The van der Waals surface area contributed by atoms with Crippen LogP contribution in [0, 0.1) is 0 Å². The molecule has 0 unspecified atom stereocenters. The van der Waals surface area contributed by atoms with Crippen molar-refractivity contribution in [2.24, 2.45) is 0 Å². The maximum Gasteiger partial charge on any atom is 0.234 e. The van der Waals surface area contributed by atoms with E-state index in [-0.39, 0.29) is 11.7 Å². The summed E-state index contributed by atoms with van der Waals surface area (Å²) in [5, 5.41) is 4.75. The third-order valence-electron chi connectivity index (χ3n) is 4.36. The molecule has 2 aromatic heterocycles. The number of nitrogens with zero attached hydrogens (tertiary/aromatic N) is 3. The number of hydrogen-bond donors (Lipinski definition) is 1. The predicted octanol–water partition coefficient (Wildman–Crippen LogP) is 5.16. The fraction of sp³-hybridized carbons (Fsp3) is 0.136. The smallest absolute Gasteiger partial charge is 0.234 e. The Labute approximate surface area is 177 Å². The SMILES string of the molecule is CN(C)c1ccc(NC(=O)CSc2ncnc3sc(-c4ccccc4)cc23)cc1. The number of carbonyl (C=O) groups excluding carboxylic acids is 1. The molecule has 29 heavy (non-hydrogen) atoms. The number of amides is 1. The Morgan fingerprint density at radius 2 is 1.83 bits per heavy atom. The number of rotatable bonds is 6. The van der Waals surface area contributed by atoms with Crippen molar-refractivity contribution in [1.82, 2.24) is 9.97 Å². The molecular weight excluding hydrogens is 400 g/mol. The van der Waals surface area contributed by atoms with Gasteiger partial charge in [-0.05, 0) is 35.9 Å². The Morgan fingerprint density at radius 1 is 1.07 bits per heavy atom. The average molecular weight is 421 g/mol. The normalized spacial score (nSPS) is 10.8. The number of thiophene rings is 1. The topological polar surface area (TPSA) is 58.1 Å². The molecule has 2 aromatic carbocycles. The summed E-state index contributed by atoms with van der Waals surface area (Å²) < 4.78 is 0. The fourth-order valence-corrected chi connectivity index (χ4v) is 4.71. The molecule has 1 amide bonds. The van der Waals surface area contributed by atoms with Crippen LogP contribution in [0.15, 0.2) is 72.0 Å². The first-order chi connectivity index (χ1) is 14.1. The van der Waals surface area contributed by atoms with Gasteiger partial charge in [0.05, 0.1) is 5.75 Å². The second-order valence-electron chi connectivity index (χ2n) is 6.65. The van der Waals surface area contributed by atoms with Crippen LogP contribution >= 0.6 is 23.1 Å². The third kappa shape index (κ3) is 4.58. The number of benzene rings is 2. The van der Waals surface area contributed by atoms with Gasteiger partial charge in [-0.25, -0.2) is 9.97 Å². The Balaban J connectivity index is 1.45. The Hall–Kier alpha value is -2.90. The molecule has 0 aliphatic carbocycles. The van der Waals surface area contributed by atoms with E-state index in [1.165, 1.54) is 11.8 Å². The number of hydrogen-bond acceptors (Lipinski definition) is 6. The highest BCUT2D eigenvalue weighted by atomic mass is 32.2. The van der Waals surface area contributed by atoms with Crippen molar-refractivity contribution in [3.05, 3.63) is 67.0 Å². The van der Waals surface area contributed by atoms with E-state index >= 15 is 0 Å². The summed E-state index contributed by atoms with van der Waals surface area (Å²) in [5.41, 5.74) is 3.04. The second kappa shape index (κ2) is 8.63. The molecule has 0 aliphatic rings. The molecule has 0 bridgehead atoms. The van der Waals surface area contributed by atoms with Crippen LogP contribution in [0.3, 0.4) is 0 Å². The van der Waals surface area contributed by atoms with Crippen molar-refractivity contribution in [3.8, 4) is 10.4 Å². The summed E-state index contributed by atoms with van der Waals surface area (Å²) in [6.07, 6.45) is 1.56. The average Bonchev–Trinajstić information content (AvgIpc) is 3.18. The molecule has 1 N–H and O–H groups in total. The van der Waals surface area contributed by atoms with E-state index in [2.05, 4.69) is 33.5 Å². The maximum absolute atomic E-state index is 12.4. The van der Waals surface area contributed by atoms with Crippen LogP contribution in [0.1, 0.15) is 0 Å². The summed E-state index contributed by atoms with van der Waals surface area (Å²) in [7, 11) is 3.97. The highest BCUT2D eigenvalue weighted by Gasteiger charge is 2.12. The highest BCUT2D eigenvalue weighted by Crippen LogP contribution is 2.36. The second-order valence-corrected chi connectivity index (χ2v) is 8.65. The van der Waals surface area contributed by atoms with Gasteiger partial charge in [-0.2, -0.15) is 0 Å². The van der Waals surface area contributed by atoms with Crippen LogP contribution in [0.4, 0.5) is 11.4 Å².